The number of benzene rings is 3. The van der Waals surface area contributed by atoms with Crippen molar-refractivity contribution in [3.05, 3.63) is 135 Å². The summed E-state index contributed by atoms with van der Waals surface area (Å²) in [6.07, 6.45) is 6.36. The van der Waals surface area contributed by atoms with Crippen LogP contribution in [-0.4, -0.2) is 69.0 Å². The number of rotatable bonds is 15. The van der Waals surface area contributed by atoms with Gasteiger partial charge in [-0.3, -0.25) is 9.59 Å². The van der Waals surface area contributed by atoms with Crippen molar-refractivity contribution in [1.82, 2.24) is 29.3 Å². The van der Waals surface area contributed by atoms with Crippen molar-refractivity contribution in [3.8, 4) is 17.1 Å². The van der Waals surface area contributed by atoms with E-state index < -0.39 is 0 Å². The molecule has 9 nitrogen and oxygen atoms in total. The molecule has 0 saturated carbocycles. The van der Waals surface area contributed by atoms with E-state index in [2.05, 4.69) is 58.0 Å². The van der Waals surface area contributed by atoms with Gasteiger partial charge in [0.15, 0.2) is 5.16 Å². The Balaban J connectivity index is 0.000000271. The van der Waals surface area contributed by atoms with Gasteiger partial charge in [-0.25, -0.2) is 14.4 Å². The van der Waals surface area contributed by atoms with Crippen LogP contribution in [0, 0.1) is 5.82 Å². The van der Waals surface area contributed by atoms with Crippen molar-refractivity contribution in [2.24, 2.45) is 7.05 Å². The second kappa shape index (κ2) is 21.2. The van der Waals surface area contributed by atoms with E-state index in [1.54, 1.807) is 30.7 Å². The maximum Gasteiger partial charge on any atom is 0.316 e. The summed E-state index contributed by atoms with van der Waals surface area (Å²) in [5, 5.41) is 1.35. The summed E-state index contributed by atoms with van der Waals surface area (Å²) in [6, 6.07) is 22.7. The lowest BCUT2D eigenvalue weighted by Crippen LogP contribution is -2.34. The lowest BCUT2D eigenvalue weighted by molar-refractivity contribution is -0.118. The molecule has 0 aliphatic heterocycles. The lowest BCUT2D eigenvalue weighted by Gasteiger charge is -2.23. The highest BCUT2D eigenvalue weighted by Crippen LogP contribution is 2.23. The van der Waals surface area contributed by atoms with Gasteiger partial charge < -0.3 is 19.1 Å². The number of aromatic nitrogens is 4. The van der Waals surface area contributed by atoms with Gasteiger partial charge in [-0.2, -0.15) is 4.98 Å². The fraction of sp³-hybridized carbons (Fsp3) is 0.289. The molecule has 2 heterocycles. The molecule has 0 atom stereocenters. The van der Waals surface area contributed by atoms with E-state index in [1.165, 1.54) is 31.0 Å². The average molecular weight is 754 g/mol. The summed E-state index contributed by atoms with van der Waals surface area (Å²) >= 11 is 7.36. The number of nitrogens with zero attached hydrogens (tertiary/aromatic N) is 6. The van der Waals surface area contributed by atoms with E-state index in [1.807, 2.05) is 40.8 Å². The van der Waals surface area contributed by atoms with E-state index >= 15 is 0 Å². The minimum atomic E-state index is -0.277. The van der Waals surface area contributed by atoms with Crippen LogP contribution < -0.4 is 10.3 Å². The molecule has 5 aromatic rings. The number of aryl methyl sites for hydroxylation is 1. The molecule has 0 aliphatic rings. The summed E-state index contributed by atoms with van der Waals surface area (Å²) < 4.78 is 19.7. The van der Waals surface area contributed by atoms with Crippen LogP contribution in [0.1, 0.15) is 36.1 Å². The lowest BCUT2D eigenvalue weighted by atomic mass is 10.0. The SMILES string of the molecule is CCN(CC)CCN(C=O)Cc1ccc(-c2ccc(Cl)cc2)cc1.COc1ncc(Cc2cn(C)c(SCc3ccc(F)cc3)nc2=O)cn1.Cl. The normalized spacial score (nSPS) is 10.6. The molecule has 0 unspecified atom stereocenters. The third-order valence-corrected chi connectivity index (χ3v) is 9.29. The summed E-state index contributed by atoms with van der Waals surface area (Å²) in [5.74, 6) is 0.336. The summed E-state index contributed by atoms with van der Waals surface area (Å²) in [5.41, 5.74) is 5.48. The molecule has 0 fully saturated rings. The van der Waals surface area contributed by atoms with Crippen molar-refractivity contribution < 1.29 is 13.9 Å². The van der Waals surface area contributed by atoms with Crippen LogP contribution in [0.25, 0.3) is 11.1 Å². The van der Waals surface area contributed by atoms with Gasteiger partial charge in [0, 0.05) is 68.0 Å². The van der Waals surface area contributed by atoms with Crippen LogP contribution in [0.15, 0.2) is 101 Å². The monoisotopic (exact) mass is 752 g/mol. The molecule has 0 saturated heterocycles. The first-order valence-electron chi connectivity index (χ1n) is 16.3. The molecular weight excluding hydrogens is 710 g/mol. The van der Waals surface area contributed by atoms with Crippen molar-refractivity contribution in [1.29, 1.82) is 0 Å². The zero-order chi connectivity index (χ0) is 35.9. The molecule has 2 aromatic heterocycles. The number of likely N-dealkylation sites (N-methyl/N-ethyl adjacent to an activating group) is 1. The number of carbonyl (C=O) groups is 1. The second-order valence-electron chi connectivity index (χ2n) is 11.4. The topological polar surface area (TPSA) is 93.5 Å². The summed E-state index contributed by atoms with van der Waals surface area (Å²) in [7, 11) is 3.34. The minimum Gasteiger partial charge on any atom is -0.467 e. The van der Waals surface area contributed by atoms with Crippen LogP contribution in [-0.2, 0) is 30.6 Å². The highest BCUT2D eigenvalue weighted by atomic mass is 35.5. The quantitative estimate of drug-likeness (QED) is 0.0624. The number of ether oxygens (including phenoxy) is 1. The Hall–Kier alpha value is -4.29. The van der Waals surface area contributed by atoms with Gasteiger partial charge in [0.25, 0.3) is 5.56 Å². The molecule has 13 heteroatoms. The molecular formula is C38H43Cl2FN6O3S. The fourth-order valence-electron chi connectivity index (χ4n) is 4.98. The Morgan fingerprint density at radius 3 is 2.04 bits per heavy atom. The molecule has 270 valence electrons. The molecule has 0 aliphatic carbocycles. The standard InChI is InChI=1S/C20H25ClN2O.C18H17FN4O2S.ClH/c1-3-22(4-2)13-14-23(16-24)15-17-5-7-18(8-6-17)19-9-11-20(21)12-10-19;1-23-10-14(7-13-8-20-17(25-2)21-9-13)16(24)22-18(23)26-11-12-3-5-15(19)6-4-12;/h5-12,16H,3-4,13-15H2,1-2H3;3-6,8-10H,7,11H2,1-2H3;1H. The first-order valence-corrected chi connectivity index (χ1v) is 17.6. The largest absolute Gasteiger partial charge is 0.467 e. The zero-order valence-corrected chi connectivity index (χ0v) is 31.6. The third-order valence-electron chi connectivity index (χ3n) is 7.93. The third kappa shape index (κ3) is 13.1. The predicted octanol–water partition coefficient (Wildman–Crippen LogP) is 7.33. The number of hydrogen-bond acceptors (Lipinski definition) is 8. The molecule has 0 radical (unpaired) electrons. The van der Waals surface area contributed by atoms with Gasteiger partial charge in [0.1, 0.15) is 5.82 Å². The highest BCUT2D eigenvalue weighted by Gasteiger charge is 2.10. The highest BCUT2D eigenvalue weighted by molar-refractivity contribution is 7.98. The summed E-state index contributed by atoms with van der Waals surface area (Å²) in [4.78, 5) is 40.0. The smallest absolute Gasteiger partial charge is 0.316 e. The summed E-state index contributed by atoms with van der Waals surface area (Å²) in [6.45, 7) is 8.62. The zero-order valence-electron chi connectivity index (χ0n) is 29.2. The maximum absolute atomic E-state index is 13.0. The molecule has 0 N–H and O–H groups in total. The van der Waals surface area contributed by atoms with Gasteiger partial charge in [-0.05, 0) is 65.2 Å². The van der Waals surface area contributed by atoms with E-state index in [0.29, 0.717) is 29.4 Å². The molecule has 1 amide bonds. The molecule has 0 spiro atoms. The van der Waals surface area contributed by atoms with Gasteiger partial charge in [-0.1, -0.05) is 85.7 Å². The molecule has 0 bridgehead atoms. The Kier molecular flexibility index (Phi) is 17.1. The van der Waals surface area contributed by atoms with E-state index in [0.717, 1.165) is 65.4 Å². The van der Waals surface area contributed by atoms with Crippen LogP contribution in [0.5, 0.6) is 6.01 Å². The first-order chi connectivity index (χ1) is 24.2. The van der Waals surface area contributed by atoms with E-state index in [9.17, 15) is 14.0 Å². The number of hydrogen-bond donors (Lipinski definition) is 0. The van der Waals surface area contributed by atoms with Crippen molar-refractivity contribution in [3.63, 3.8) is 0 Å². The average Bonchev–Trinajstić information content (AvgIpc) is 3.14. The fourth-order valence-corrected chi connectivity index (χ4v) is 6.00. The number of halogens is 3. The Morgan fingerprint density at radius 1 is 0.882 bits per heavy atom. The second-order valence-corrected chi connectivity index (χ2v) is 12.8. The number of carbonyl (C=O) groups excluding carboxylic acids is 1. The number of thioether (sulfide) groups is 1. The Bertz CT molecular complexity index is 1840. The van der Waals surface area contributed by atoms with E-state index in [4.69, 9.17) is 16.3 Å². The van der Waals surface area contributed by atoms with Crippen LogP contribution >= 0.6 is 35.8 Å². The first kappa shape index (κ1) is 41.1. The minimum absolute atomic E-state index is 0. The van der Waals surface area contributed by atoms with E-state index in [-0.39, 0.29) is 29.8 Å². The van der Waals surface area contributed by atoms with Gasteiger partial charge in [0.05, 0.1) is 7.11 Å². The van der Waals surface area contributed by atoms with Gasteiger partial charge >= 0.3 is 6.01 Å². The van der Waals surface area contributed by atoms with Crippen molar-refractivity contribution in [2.45, 2.75) is 37.7 Å². The van der Waals surface area contributed by atoms with Crippen molar-refractivity contribution in [2.75, 3.05) is 33.3 Å². The van der Waals surface area contributed by atoms with Crippen LogP contribution in [0.4, 0.5) is 4.39 Å². The number of methoxy groups -OCH3 is 1. The van der Waals surface area contributed by atoms with Gasteiger partial charge in [0.2, 0.25) is 6.41 Å². The van der Waals surface area contributed by atoms with Crippen molar-refractivity contribution >= 4 is 42.2 Å². The Morgan fingerprint density at radius 2 is 1.47 bits per heavy atom. The number of amides is 1. The van der Waals surface area contributed by atoms with Crippen LogP contribution in [0.2, 0.25) is 5.02 Å². The predicted molar refractivity (Wildman–Crippen MR) is 205 cm³/mol. The molecule has 3 aromatic carbocycles. The van der Waals surface area contributed by atoms with Gasteiger partial charge in [-0.15, -0.1) is 12.4 Å². The molecule has 51 heavy (non-hydrogen) atoms. The molecule has 5 rings (SSSR count). The Labute approximate surface area is 314 Å². The maximum atomic E-state index is 13.0. The van der Waals surface area contributed by atoms with Crippen LogP contribution in [0.3, 0.4) is 0 Å².